The number of hydrogen-bond acceptors (Lipinski definition) is 1. The van der Waals surface area contributed by atoms with Crippen LogP contribution in [0.5, 0.6) is 0 Å². The molecule has 1 aliphatic rings. The van der Waals surface area contributed by atoms with Crippen LogP contribution in [0.1, 0.15) is 33.6 Å². The van der Waals surface area contributed by atoms with Crippen molar-refractivity contribution in [2.75, 3.05) is 0 Å². The quantitative estimate of drug-likeness (QED) is 0.590. The molecule has 0 saturated carbocycles. The van der Waals surface area contributed by atoms with Gasteiger partial charge in [-0.3, -0.25) is 0 Å². The minimum Gasteiger partial charge on any atom is -0.130 e. The van der Waals surface area contributed by atoms with E-state index in [9.17, 15) is 0 Å². The molecule has 58 valence electrons. The molecule has 0 aliphatic carbocycles. The van der Waals surface area contributed by atoms with Crippen LogP contribution in [0.3, 0.4) is 0 Å². The Hall–Kier alpha value is 0.0900. The number of rotatable bonds is 2. The second-order valence-electron chi connectivity index (χ2n) is 3.25. The van der Waals surface area contributed by atoms with Crippen molar-refractivity contribution < 1.29 is 0 Å². The maximum Gasteiger partial charge on any atom is 0.0149 e. The molecule has 0 nitrogen and oxygen atoms in total. The molecule has 0 N–H and O–H groups in total. The van der Waals surface area contributed by atoms with E-state index >= 15 is 0 Å². The molecular formula is C9H16S. The maximum absolute atomic E-state index is 2.35. The van der Waals surface area contributed by atoms with Crippen molar-refractivity contribution in [3.05, 3.63) is 11.0 Å². The zero-order chi connectivity index (χ0) is 7.56. The molecule has 0 fully saturated rings. The van der Waals surface area contributed by atoms with Crippen molar-refractivity contribution in [3.8, 4) is 0 Å². The van der Waals surface area contributed by atoms with E-state index < -0.39 is 0 Å². The predicted octanol–water partition coefficient (Wildman–Crippen LogP) is 3.44. The summed E-state index contributed by atoms with van der Waals surface area (Å²) in [5.41, 5.74) is 1.64. The molecule has 0 bridgehead atoms. The molecule has 0 radical (unpaired) electrons. The van der Waals surface area contributed by atoms with E-state index in [1.54, 1.807) is 5.57 Å². The van der Waals surface area contributed by atoms with E-state index in [2.05, 4.69) is 26.2 Å². The summed E-state index contributed by atoms with van der Waals surface area (Å²) >= 11 is 2.02. The molecule has 10 heavy (non-hydrogen) atoms. The average Bonchev–Trinajstić information content (AvgIpc) is 2.34. The molecule has 0 aromatic carbocycles. The third-order valence-electron chi connectivity index (χ3n) is 2.07. The largest absolute Gasteiger partial charge is 0.130 e. The van der Waals surface area contributed by atoms with E-state index in [1.807, 2.05) is 11.8 Å². The molecule has 1 unspecified atom stereocenters. The summed E-state index contributed by atoms with van der Waals surface area (Å²) in [6, 6.07) is 0. The van der Waals surface area contributed by atoms with Gasteiger partial charge in [0.1, 0.15) is 0 Å². The first kappa shape index (κ1) is 8.19. The Labute approximate surface area is 68.1 Å². The van der Waals surface area contributed by atoms with Crippen molar-refractivity contribution in [3.63, 3.8) is 0 Å². The van der Waals surface area contributed by atoms with Gasteiger partial charge in [0.2, 0.25) is 0 Å². The Morgan fingerprint density at radius 3 is 2.70 bits per heavy atom. The lowest BCUT2D eigenvalue weighted by atomic mass is 10.0. The van der Waals surface area contributed by atoms with Gasteiger partial charge in [0.05, 0.1) is 0 Å². The summed E-state index contributed by atoms with van der Waals surface area (Å²) in [5.74, 6) is 0.838. The second-order valence-corrected chi connectivity index (χ2v) is 4.37. The summed E-state index contributed by atoms with van der Waals surface area (Å²) in [6.45, 7) is 6.86. The van der Waals surface area contributed by atoms with Gasteiger partial charge >= 0.3 is 0 Å². The first-order valence-corrected chi connectivity index (χ1v) is 5.01. The molecule has 0 spiro atoms. The SMILES string of the molecule is CCC1=CSC(C(C)C)C1. The fourth-order valence-corrected chi connectivity index (χ4v) is 2.41. The summed E-state index contributed by atoms with van der Waals surface area (Å²) < 4.78 is 0. The fraction of sp³-hybridized carbons (Fsp3) is 0.778. The van der Waals surface area contributed by atoms with Gasteiger partial charge in [0, 0.05) is 5.25 Å². The molecule has 0 aromatic heterocycles. The summed E-state index contributed by atoms with van der Waals surface area (Å²) in [5, 5.41) is 3.22. The Bertz CT molecular complexity index is 136. The second kappa shape index (κ2) is 3.47. The molecule has 1 aliphatic heterocycles. The highest BCUT2D eigenvalue weighted by Crippen LogP contribution is 2.35. The van der Waals surface area contributed by atoms with E-state index in [0.717, 1.165) is 11.2 Å². The van der Waals surface area contributed by atoms with Gasteiger partial charge < -0.3 is 0 Å². The maximum atomic E-state index is 2.35. The third-order valence-corrected chi connectivity index (χ3v) is 3.60. The van der Waals surface area contributed by atoms with Crippen LogP contribution >= 0.6 is 11.8 Å². The van der Waals surface area contributed by atoms with Crippen LogP contribution in [-0.2, 0) is 0 Å². The lowest BCUT2D eigenvalue weighted by molar-refractivity contribution is 0.605. The Morgan fingerprint density at radius 2 is 2.40 bits per heavy atom. The van der Waals surface area contributed by atoms with Crippen molar-refractivity contribution in [1.82, 2.24) is 0 Å². The van der Waals surface area contributed by atoms with Gasteiger partial charge in [-0.15, -0.1) is 11.8 Å². The summed E-state index contributed by atoms with van der Waals surface area (Å²) in [7, 11) is 0. The van der Waals surface area contributed by atoms with Gasteiger partial charge in [-0.1, -0.05) is 26.3 Å². The van der Waals surface area contributed by atoms with E-state index in [4.69, 9.17) is 0 Å². The topological polar surface area (TPSA) is 0 Å². The summed E-state index contributed by atoms with van der Waals surface area (Å²) in [6.07, 6.45) is 2.58. The van der Waals surface area contributed by atoms with Gasteiger partial charge in [0.15, 0.2) is 0 Å². The molecular weight excluding hydrogens is 140 g/mol. The molecule has 0 saturated heterocycles. The van der Waals surface area contributed by atoms with Gasteiger partial charge in [-0.05, 0) is 24.2 Å². The van der Waals surface area contributed by atoms with Gasteiger partial charge in [-0.2, -0.15) is 0 Å². The van der Waals surface area contributed by atoms with Crippen molar-refractivity contribution in [1.29, 1.82) is 0 Å². The van der Waals surface area contributed by atoms with Gasteiger partial charge in [-0.25, -0.2) is 0 Å². The smallest absolute Gasteiger partial charge is 0.0149 e. The normalized spacial score (nSPS) is 25.6. The summed E-state index contributed by atoms with van der Waals surface area (Å²) in [4.78, 5) is 0. The van der Waals surface area contributed by atoms with Crippen LogP contribution in [0.2, 0.25) is 0 Å². The molecule has 1 rings (SSSR count). The van der Waals surface area contributed by atoms with E-state index in [-0.39, 0.29) is 0 Å². The van der Waals surface area contributed by atoms with E-state index in [1.165, 1.54) is 12.8 Å². The number of allylic oxidation sites excluding steroid dienone is 1. The Balaban J connectivity index is 2.36. The molecule has 1 heterocycles. The molecule has 1 heteroatoms. The zero-order valence-corrected chi connectivity index (χ0v) is 7.87. The van der Waals surface area contributed by atoms with Crippen LogP contribution < -0.4 is 0 Å². The molecule has 0 amide bonds. The highest BCUT2D eigenvalue weighted by Gasteiger charge is 2.19. The Morgan fingerprint density at radius 1 is 1.70 bits per heavy atom. The van der Waals surface area contributed by atoms with Crippen LogP contribution in [0.25, 0.3) is 0 Å². The van der Waals surface area contributed by atoms with E-state index in [0.29, 0.717) is 0 Å². The zero-order valence-electron chi connectivity index (χ0n) is 7.05. The van der Waals surface area contributed by atoms with Crippen LogP contribution in [0.4, 0.5) is 0 Å². The highest BCUT2D eigenvalue weighted by atomic mass is 32.2. The van der Waals surface area contributed by atoms with Crippen LogP contribution in [-0.4, -0.2) is 5.25 Å². The average molecular weight is 156 g/mol. The highest BCUT2D eigenvalue weighted by molar-refractivity contribution is 8.03. The van der Waals surface area contributed by atoms with Crippen molar-refractivity contribution in [2.45, 2.75) is 38.9 Å². The standard InChI is InChI=1S/C9H16S/c1-4-8-5-9(7(2)3)10-6-8/h6-7,9H,4-5H2,1-3H3. The van der Waals surface area contributed by atoms with Crippen molar-refractivity contribution >= 4 is 11.8 Å². The lowest BCUT2D eigenvalue weighted by Gasteiger charge is -2.12. The Kier molecular flexibility index (Phi) is 2.84. The van der Waals surface area contributed by atoms with Gasteiger partial charge in [0.25, 0.3) is 0 Å². The molecule has 1 atom stereocenters. The number of hydrogen-bond donors (Lipinski definition) is 0. The van der Waals surface area contributed by atoms with Crippen LogP contribution in [0.15, 0.2) is 11.0 Å². The first-order chi connectivity index (χ1) is 4.74. The minimum atomic E-state index is 0.838. The predicted molar refractivity (Wildman–Crippen MR) is 49.2 cm³/mol. The van der Waals surface area contributed by atoms with Crippen molar-refractivity contribution in [2.24, 2.45) is 5.92 Å². The third kappa shape index (κ3) is 1.79. The first-order valence-electron chi connectivity index (χ1n) is 4.07. The minimum absolute atomic E-state index is 0.838. The monoisotopic (exact) mass is 156 g/mol. The molecule has 0 aromatic rings. The van der Waals surface area contributed by atoms with Crippen LogP contribution in [0, 0.1) is 5.92 Å². The fourth-order valence-electron chi connectivity index (χ4n) is 1.16. The lowest BCUT2D eigenvalue weighted by Crippen LogP contribution is -2.06. The number of thioether (sulfide) groups is 1.